The Morgan fingerprint density at radius 1 is 1.08 bits per heavy atom. The number of hydrogen-bond acceptors (Lipinski definition) is 3. The lowest BCUT2D eigenvalue weighted by Gasteiger charge is -2.26. The highest BCUT2D eigenvalue weighted by molar-refractivity contribution is 5.75. The van der Waals surface area contributed by atoms with Gasteiger partial charge in [-0.2, -0.15) is 0 Å². The molecule has 2 aliphatic rings. The van der Waals surface area contributed by atoms with Gasteiger partial charge >= 0.3 is 5.97 Å². The van der Waals surface area contributed by atoms with Crippen molar-refractivity contribution in [2.24, 2.45) is 5.92 Å². The van der Waals surface area contributed by atoms with Gasteiger partial charge in [-0.05, 0) is 77.3 Å². The van der Waals surface area contributed by atoms with Crippen LogP contribution in [0.15, 0.2) is 30.3 Å². The largest absolute Gasteiger partial charge is 0.481 e. The SMILES string of the molecule is C1CCCNCC1.CC(C(=O)O)c1ccccc1.CC1CCN(C)CC1. The number of hydrogen-bond donors (Lipinski definition) is 2. The lowest BCUT2D eigenvalue weighted by atomic mass is 10.00. The first-order valence-electron chi connectivity index (χ1n) is 10.2. The molecule has 0 bridgehead atoms. The Morgan fingerprint density at radius 2 is 1.62 bits per heavy atom. The monoisotopic (exact) mass is 362 g/mol. The van der Waals surface area contributed by atoms with Crippen molar-refractivity contribution in [3.05, 3.63) is 35.9 Å². The maximum Gasteiger partial charge on any atom is 0.310 e. The van der Waals surface area contributed by atoms with Crippen molar-refractivity contribution < 1.29 is 9.90 Å². The Bertz CT molecular complexity index is 441. The van der Waals surface area contributed by atoms with E-state index < -0.39 is 11.9 Å². The van der Waals surface area contributed by atoms with Gasteiger partial charge in [-0.1, -0.05) is 50.1 Å². The van der Waals surface area contributed by atoms with Gasteiger partial charge in [0, 0.05) is 0 Å². The number of benzene rings is 1. The highest BCUT2D eigenvalue weighted by Crippen LogP contribution is 2.14. The first-order valence-corrected chi connectivity index (χ1v) is 10.2. The maximum atomic E-state index is 10.5. The number of nitrogens with one attached hydrogen (secondary N) is 1. The normalized spacial score (nSPS) is 19.8. The summed E-state index contributed by atoms with van der Waals surface area (Å²) in [6, 6.07) is 9.19. The maximum absolute atomic E-state index is 10.5. The predicted octanol–water partition coefficient (Wildman–Crippen LogP) is 4.37. The molecule has 2 fully saturated rings. The molecule has 0 spiro atoms. The molecule has 0 aromatic heterocycles. The third-order valence-electron chi connectivity index (χ3n) is 5.13. The molecular weight excluding hydrogens is 324 g/mol. The molecule has 4 heteroatoms. The number of piperidine rings is 1. The molecule has 1 atom stereocenters. The van der Waals surface area contributed by atoms with Gasteiger partial charge < -0.3 is 15.3 Å². The van der Waals surface area contributed by atoms with Gasteiger partial charge in [0.15, 0.2) is 0 Å². The van der Waals surface area contributed by atoms with Gasteiger partial charge in [0.2, 0.25) is 0 Å². The second-order valence-corrected chi connectivity index (χ2v) is 7.62. The molecule has 1 unspecified atom stereocenters. The number of carbonyl (C=O) groups is 1. The molecular formula is C22H38N2O2. The van der Waals surface area contributed by atoms with Gasteiger partial charge in [0.1, 0.15) is 0 Å². The highest BCUT2D eigenvalue weighted by atomic mass is 16.4. The average Bonchev–Trinajstić information content (AvgIpc) is 2.98. The molecule has 2 saturated heterocycles. The van der Waals surface area contributed by atoms with Gasteiger partial charge in [-0.25, -0.2) is 0 Å². The molecule has 26 heavy (non-hydrogen) atoms. The van der Waals surface area contributed by atoms with E-state index in [2.05, 4.69) is 24.2 Å². The summed E-state index contributed by atoms with van der Waals surface area (Å²) >= 11 is 0. The first kappa shape index (κ1) is 22.7. The summed E-state index contributed by atoms with van der Waals surface area (Å²) in [5, 5.41) is 12.0. The lowest BCUT2D eigenvalue weighted by molar-refractivity contribution is -0.138. The van der Waals surface area contributed by atoms with Crippen molar-refractivity contribution in [3.8, 4) is 0 Å². The molecule has 148 valence electrons. The topological polar surface area (TPSA) is 52.6 Å². The summed E-state index contributed by atoms with van der Waals surface area (Å²) in [6.07, 6.45) is 8.45. The van der Waals surface area contributed by atoms with Crippen molar-refractivity contribution in [1.29, 1.82) is 0 Å². The fourth-order valence-electron chi connectivity index (χ4n) is 3.00. The van der Waals surface area contributed by atoms with E-state index in [9.17, 15) is 4.79 Å². The van der Waals surface area contributed by atoms with Gasteiger partial charge in [-0.15, -0.1) is 0 Å². The third-order valence-corrected chi connectivity index (χ3v) is 5.13. The second-order valence-electron chi connectivity index (χ2n) is 7.62. The quantitative estimate of drug-likeness (QED) is 0.820. The third kappa shape index (κ3) is 10.6. The number of aliphatic carboxylic acids is 1. The van der Waals surface area contributed by atoms with Crippen molar-refractivity contribution >= 4 is 5.97 Å². The molecule has 2 aliphatic heterocycles. The van der Waals surface area contributed by atoms with Crippen LogP contribution in [0.2, 0.25) is 0 Å². The minimum atomic E-state index is -0.781. The van der Waals surface area contributed by atoms with E-state index in [4.69, 9.17) is 5.11 Å². The molecule has 0 radical (unpaired) electrons. The van der Waals surface area contributed by atoms with Crippen LogP contribution in [0.3, 0.4) is 0 Å². The van der Waals surface area contributed by atoms with Crippen LogP contribution in [0.4, 0.5) is 0 Å². The summed E-state index contributed by atoms with van der Waals surface area (Å²) in [4.78, 5) is 12.9. The van der Waals surface area contributed by atoms with Crippen LogP contribution in [0.1, 0.15) is 63.9 Å². The Labute approximate surface area is 160 Å². The Balaban J connectivity index is 0.000000201. The van der Waals surface area contributed by atoms with Crippen LogP contribution in [0.25, 0.3) is 0 Å². The number of rotatable bonds is 2. The first-order chi connectivity index (χ1) is 12.5. The molecule has 2 heterocycles. The zero-order valence-corrected chi connectivity index (χ0v) is 16.9. The zero-order valence-electron chi connectivity index (χ0n) is 16.9. The Hall–Kier alpha value is -1.39. The second kappa shape index (κ2) is 13.8. The van der Waals surface area contributed by atoms with Crippen LogP contribution in [-0.4, -0.2) is 49.2 Å². The van der Waals surface area contributed by atoms with E-state index in [1.54, 1.807) is 6.92 Å². The van der Waals surface area contributed by atoms with Crippen molar-refractivity contribution in [2.75, 3.05) is 33.2 Å². The van der Waals surface area contributed by atoms with E-state index in [1.165, 1.54) is 64.7 Å². The molecule has 2 N–H and O–H groups in total. The van der Waals surface area contributed by atoms with E-state index in [0.29, 0.717) is 0 Å². The van der Waals surface area contributed by atoms with Crippen LogP contribution >= 0.6 is 0 Å². The number of nitrogens with zero attached hydrogens (tertiary/aromatic N) is 1. The lowest BCUT2D eigenvalue weighted by Crippen LogP contribution is -2.28. The van der Waals surface area contributed by atoms with Gasteiger partial charge in [-0.3, -0.25) is 4.79 Å². The number of carboxylic acids is 1. The molecule has 4 nitrogen and oxygen atoms in total. The summed E-state index contributed by atoms with van der Waals surface area (Å²) in [7, 11) is 2.20. The van der Waals surface area contributed by atoms with Crippen LogP contribution in [0.5, 0.6) is 0 Å². The fourth-order valence-corrected chi connectivity index (χ4v) is 3.00. The Kier molecular flexibility index (Phi) is 12.0. The molecule has 0 amide bonds. The number of carboxylic acid groups (broad SMARTS) is 1. The van der Waals surface area contributed by atoms with Crippen molar-refractivity contribution in [3.63, 3.8) is 0 Å². The van der Waals surface area contributed by atoms with Crippen LogP contribution in [0, 0.1) is 5.92 Å². The van der Waals surface area contributed by atoms with E-state index in [-0.39, 0.29) is 0 Å². The van der Waals surface area contributed by atoms with Gasteiger partial charge in [0.25, 0.3) is 0 Å². The number of likely N-dealkylation sites (tertiary alicyclic amines) is 1. The van der Waals surface area contributed by atoms with E-state index in [0.717, 1.165) is 11.5 Å². The fraction of sp³-hybridized carbons (Fsp3) is 0.682. The van der Waals surface area contributed by atoms with Crippen LogP contribution < -0.4 is 5.32 Å². The minimum absolute atomic E-state index is 0.406. The van der Waals surface area contributed by atoms with Crippen molar-refractivity contribution in [2.45, 2.75) is 58.3 Å². The molecule has 3 rings (SSSR count). The average molecular weight is 363 g/mol. The minimum Gasteiger partial charge on any atom is -0.481 e. The Morgan fingerprint density at radius 3 is 2.08 bits per heavy atom. The van der Waals surface area contributed by atoms with E-state index >= 15 is 0 Å². The predicted molar refractivity (Wildman–Crippen MR) is 110 cm³/mol. The highest BCUT2D eigenvalue weighted by Gasteiger charge is 2.12. The smallest absolute Gasteiger partial charge is 0.310 e. The molecule has 1 aromatic rings. The summed E-state index contributed by atoms with van der Waals surface area (Å²) in [5.74, 6) is -0.210. The molecule has 0 saturated carbocycles. The van der Waals surface area contributed by atoms with Crippen molar-refractivity contribution in [1.82, 2.24) is 10.2 Å². The van der Waals surface area contributed by atoms with Gasteiger partial charge in [0.05, 0.1) is 5.92 Å². The standard InChI is InChI=1S/C9H10O2.C7H15N.C6H13N/c1-7(9(10)11)8-5-3-2-4-6-8;1-7-3-5-8(2)6-4-7;1-2-4-6-7-5-3-1/h2-7H,1H3,(H,10,11);7H,3-6H2,1-2H3;7H,1-6H2. The van der Waals surface area contributed by atoms with E-state index in [1.807, 2.05) is 30.3 Å². The summed E-state index contributed by atoms with van der Waals surface area (Å²) < 4.78 is 0. The summed E-state index contributed by atoms with van der Waals surface area (Å²) in [5.41, 5.74) is 0.847. The van der Waals surface area contributed by atoms with Crippen LogP contribution in [-0.2, 0) is 4.79 Å². The zero-order chi connectivity index (χ0) is 19.2. The summed E-state index contributed by atoms with van der Waals surface area (Å²) in [6.45, 7) is 9.13. The molecule has 0 aliphatic carbocycles. The molecule has 1 aromatic carbocycles.